The van der Waals surface area contributed by atoms with E-state index in [2.05, 4.69) is 35.6 Å². The third-order valence-corrected chi connectivity index (χ3v) is 8.06. The van der Waals surface area contributed by atoms with E-state index in [9.17, 15) is 0 Å². The van der Waals surface area contributed by atoms with Crippen molar-refractivity contribution < 1.29 is 4.74 Å². The molecule has 0 bridgehead atoms. The lowest BCUT2D eigenvalue weighted by Crippen LogP contribution is -2.44. The summed E-state index contributed by atoms with van der Waals surface area (Å²) in [6.45, 7) is 11.3. The van der Waals surface area contributed by atoms with E-state index >= 15 is 0 Å². The van der Waals surface area contributed by atoms with Gasteiger partial charge in [-0.2, -0.15) is 0 Å². The molecule has 6 rings (SSSR count). The number of anilines is 2. The summed E-state index contributed by atoms with van der Waals surface area (Å²) in [6, 6.07) is 0. The molecule has 164 valence electrons. The Morgan fingerprint density at radius 3 is 2.45 bits per heavy atom. The molecule has 3 aromatic heterocycles. The van der Waals surface area contributed by atoms with Crippen molar-refractivity contribution in [2.24, 2.45) is 0 Å². The van der Waals surface area contributed by atoms with Gasteiger partial charge in [-0.3, -0.25) is 0 Å². The number of nitrogens with zero attached hydrogens (tertiary/aromatic N) is 6. The first-order valence-electron chi connectivity index (χ1n) is 11.4. The van der Waals surface area contributed by atoms with Crippen molar-refractivity contribution in [2.75, 3.05) is 56.1 Å². The second-order valence-corrected chi connectivity index (χ2v) is 10.8. The first-order chi connectivity index (χ1) is 15.0. The second kappa shape index (κ2) is 7.25. The molecule has 6 heterocycles. The van der Waals surface area contributed by atoms with Gasteiger partial charge in [-0.1, -0.05) is 0 Å². The Morgan fingerprint density at radius 2 is 1.68 bits per heavy atom. The minimum Gasteiger partial charge on any atom is -0.370 e. The Kier molecular flexibility index (Phi) is 4.59. The summed E-state index contributed by atoms with van der Waals surface area (Å²) < 4.78 is 7.43. The molecule has 0 radical (unpaired) electrons. The van der Waals surface area contributed by atoms with E-state index in [0.717, 1.165) is 67.7 Å². The molecule has 3 aliphatic heterocycles. The fraction of sp³-hybridized carbons (Fsp3) is 0.609. The lowest BCUT2D eigenvalue weighted by Gasteiger charge is -2.34. The molecular weight excluding hydrogens is 408 g/mol. The van der Waals surface area contributed by atoms with Crippen LogP contribution < -0.4 is 9.80 Å². The normalized spacial score (nSPS) is 21.9. The van der Waals surface area contributed by atoms with Crippen molar-refractivity contribution in [2.45, 2.75) is 45.3 Å². The fourth-order valence-corrected chi connectivity index (χ4v) is 6.38. The predicted molar refractivity (Wildman–Crippen MR) is 126 cm³/mol. The van der Waals surface area contributed by atoms with Gasteiger partial charge in [-0.05, 0) is 39.3 Å². The molecule has 31 heavy (non-hydrogen) atoms. The Balaban J connectivity index is 1.57. The van der Waals surface area contributed by atoms with Crippen molar-refractivity contribution in [3.8, 4) is 0 Å². The molecule has 0 saturated carbocycles. The van der Waals surface area contributed by atoms with E-state index in [1.165, 1.54) is 34.1 Å². The lowest BCUT2D eigenvalue weighted by molar-refractivity contribution is -0.0395. The number of likely N-dealkylation sites (N-methyl/N-ethyl adjacent to an activating group) is 1. The van der Waals surface area contributed by atoms with Crippen LogP contribution in [0.25, 0.3) is 20.4 Å². The van der Waals surface area contributed by atoms with E-state index in [4.69, 9.17) is 19.7 Å². The molecule has 0 N–H and O–H groups in total. The molecular formula is C23H30N6OS. The third kappa shape index (κ3) is 3.27. The fourth-order valence-electron chi connectivity index (χ4n) is 5.21. The van der Waals surface area contributed by atoms with Crippen LogP contribution in [0.3, 0.4) is 0 Å². The van der Waals surface area contributed by atoms with Gasteiger partial charge in [0.15, 0.2) is 0 Å². The molecule has 8 heteroatoms. The highest BCUT2D eigenvalue weighted by atomic mass is 32.1. The lowest BCUT2D eigenvalue weighted by atomic mass is 9.90. The minimum absolute atomic E-state index is 0.175. The minimum atomic E-state index is -0.175. The number of aromatic nitrogens is 3. The molecule has 3 aromatic rings. The standard InChI is InChI=1S/C23H30N6OS/c1-23(2)12-15-16(13-30-23)20(28-6-4-5-7-28)26-22-17(15)18-19(31-22)21(25-14-24-18)29-10-8-27(3)9-11-29/h14H,4-13H2,1-3H3. The van der Waals surface area contributed by atoms with Crippen LogP contribution in [0.5, 0.6) is 0 Å². The van der Waals surface area contributed by atoms with E-state index in [1.807, 2.05) is 0 Å². The van der Waals surface area contributed by atoms with E-state index in [-0.39, 0.29) is 5.60 Å². The van der Waals surface area contributed by atoms with Crippen molar-refractivity contribution in [1.29, 1.82) is 0 Å². The van der Waals surface area contributed by atoms with Crippen LogP contribution in [0, 0.1) is 0 Å². The highest BCUT2D eigenvalue weighted by Crippen LogP contribution is 2.44. The smallest absolute Gasteiger partial charge is 0.150 e. The number of pyridine rings is 1. The van der Waals surface area contributed by atoms with Gasteiger partial charge in [0, 0.05) is 56.6 Å². The zero-order valence-corrected chi connectivity index (χ0v) is 19.5. The van der Waals surface area contributed by atoms with Gasteiger partial charge in [-0.15, -0.1) is 11.3 Å². The highest BCUT2D eigenvalue weighted by Gasteiger charge is 2.34. The second-order valence-electron chi connectivity index (χ2n) is 9.76. The van der Waals surface area contributed by atoms with Crippen LogP contribution in [0.4, 0.5) is 11.6 Å². The molecule has 0 amide bonds. The predicted octanol–water partition coefficient (Wildman–Crippen LogP) is 3.44. The topological polar surface area (TPSA) is 57.6 Å². The molecule has 2 fully saturated rings. The number of hydrogen-bond donors (Lipinski definition) is 0. The zero-order valence-electron chi connectivity index (χ0n) is 18.6. The van der Waals surface area contributed by atoms with Crippen molar-refractivity contribution in [3.63, 3.8) is 0 Å². The van der Waals surface area contributed by atoms with E-state index in [1.54, 1.807) is 17.7 Å². The van der Waals surface area contributed by atoms with Crippen LogP contribution in [0.15, 0.2) is 6.33 Å². The van der Waals surface area contributed by atoms with Crippen LogP contribution in [-0.4, -0.2) is 71.8 Å². The Morgan fingerprint density at radius 1 is 0.935 bits per heavy atom. The van der Waals surface area contributed by atoms with Gasteiger partial charge >= 0.3 is 0 Å². The summed E-state index contributed by atoms with van der Waals surface area (Å²) >= 11 is 1.77. The molecule has 0 aromatic carbocycles. The largest absolute Gasteiger partial charge is 0.370 e. The highest BCUT2D eigenvalue weighted by molar-refractivity contribution is 7.26. The third-order valence-electron chi connectivity index (χ3n) is 7.00. The van der Waals surface area contributed by atoms with E-state index < -0.39 is 0 Å². The maximum Gasteiger partial charge on any atom is 0.150 e. The van der Waals surface area contributed by atoms with Crippen molar-refractivity contribution in [3.05, 3.63) is 17.5 Å². The summed E-state index contributed by atoms with van der Waals surface area (Å²) in [5.41, 5.74) is 3.55. The Labute approximate surface area is 187 Å². The summed E-state index contributed by atoms with van der Waals surface area (Å²) in [4.78, 5) is 23.1. The average Bonchev–Trinajstić information content (AvgIpc) is 3.41. The summed E-state index contributed by atoms with van der Waals surface area (Å²) in [7, 11) is 2.19. The summed E-state index contributed by atoms with van der Waals surface area (Å²) in [5, 5.41) is 1.23. The van der Waals surface area contributed by atoms with Crippen molar-refractivity contribution >= 4 is 43.4 Å². The number of piperazine rings is 1. The van der Waals surface area contributed by atoms with Gasteiger partial charge < -0.3 is 19.4 Å². The first kappa shape index (κ1) is 19.6. The van der Waals surface area contributed by atoms with Crippen LogP contribution in [-0.2, 0) is 17.8 Å². The number of fused-ring (bicyclic) bond motifs is 5. The SMILES string of the molecule is CN1CCN(c2ncnc3c2sc2nc(N4CCCC4)c4c(c23)CC(C)(C)OC4)CC1. The quantitative estimate of drug-likeness (QED) is 0.607. The van der Waals surface area contributed by atoms with Gasteiger partial charge in [-0.25, -0.2) is 15.0 Å². The zero-order chi connectivity index (χ0) is 21.2. The number of rotatable bonds is 2. The number of thiophene rings is 1. The maximum absolute atomic E-state index is 6.25. The average molecular weight is 439 g/mol. The van der Waals surface area contributed by atoms with Gasteiger partial charge in [0.25, 0.3) is 0 Å². The van der Waals surface area contributed by atoms with Gasteiger partial charge in [0.05, 0.1) is 22.4 Å². The summed E-state index contributed by atoms with van der Waals surface area (Å²) in [5.74, 6) is 2.21. The molecule has 0 unspecified atom stereocenters. The van der Waals surface area contributed by atoms with Gasteiger partial charge in [0.2, 0.25) is 0 Å². The molecule has 2 saturated heterocycles. The van der Waals surface area contributed by atoms with Crippen molar-refractivity contribution in [1.82, 2.24) is 19.9 Å². The Hall–Kier alpha value is -2.03. The monoisotopic (exact) mass is 438 g/mol. The Bertz CT molecular complexity index is 1140. The van der Waals surface area contributed by atoms with Crippen LogP contribution >= 0.6 is 11.3 Å². The maximum atomic E-state index is 6.25. The molecule has 0 spiro atoms. The van der Waals surface area contributed by atoms with Crippen LogP contribution in [0.1, 0.15) is 37.8 Å². The molecule has 0 atom stereocenters. The number of ether oxygens (including phenoxy) is 1. The summed E-state index contributed by atoms with van der Waals surface area (Å²) in [6.07, 6.45) is 5.12. The molecule has 7 nitrogen and oxygen atoms in total. The van der Waals surface area contributed by atoms with E-state index in [0.29, 0.717) is 6.61 Å². The van der Waals surface area contributed by atoms with Gasteiger partial charge in [0.1, 0.15) is 22.8 Å². The number of hydrogen-bond acceptors (Lipinski definition) is 8. The molecule has 3 aliphatic rings. The molecule has 0 aliphatic carbocycles. The first-order valence-corrected chi connectivity index (χ1v) is 12.2. The van der Waals surface area contributed by atoms with Crippen LogP contribution in [0.2, 0.25) is 0 Å².